The molecule has 2 aromatic carbocycles. The molecule has 7 heteroatoms. The van der Waals surface area contributed by atoms with Gasteiger partial charge < -0.3 is 14.0 Å². The molecule has 1 amide bonds. The van der Waals surface area contributed by atoms with Crippen molar-refractivity contribution in [1.82, 2.24) is 4.57 Å². The van der Waals surface area contributed by atoms with E-state index in [1.165, 1.54) is 11.3 Å². The van der Waals surface area contributed by atoms with E-state index in [4.69, 9.17) is 21.1 Å². The average molecular weight is 387 g/mol. The SMILES string of the molecule is C=CCn1c(=NC(=O)c2cccc(Cl)c2)sc2cc3c(cc21)OCCO3. The number of allylic oxidation sites excluding steroid dienone is 1. The molecular formula is C19H15ClN2O3S. The minimum absolute atomic E-state index is 0.339. The molecule has 0 bridgehead atoms. The van der Waals surface area contributed by atoms with E-state index >= 15 is 0 Å². The zero-order valence-electron chi connectivity index (χ0n) is 13.8. The van der Waals surface area contributed by atoms with Crippen molar-refractivity contribution in [3.63, 3.8) is 0 Å². The summed E-state index contributed by atoms with van der Waals surface area (Å²) in [4.78, 5) is 17.4. The van der Waals surface area contributed by atoms with Crippen LogP contribution in [0.1, 0.15) is 10.4 Å². The number of amides is 1. The Morgan fingerprint density at radius 1 is 1.27 bits per heavy atom. The number of rotatable bonds is 3. The molecule has 0 radical (unpaired) electrons. The predicted octanol–water partition coefficient (Wildman–Crippen LogP) is 4.05. The lowest BCUT2D eigenvalue weighted by Gasteiger charge is -2.18. The van der Waals surface area contributed by atoms with Crippen molar-refractivity contribution in [2.45, 2.75) is 6.54 Å². The molecule has 26 heavy (non-hydrogen) atoms. The predicted molar refractivity (Wildman–Crippen MR) is 102 cm³/mol. The molecule has 0 spiro atoms. The topological polar surface area (TPSA) is 52.8 Å². The summed E-state index contributed by atoms with van der Waals surface area (Å²) >= 11 is 7.40. The highest BCUT2D eigenvalue weighted by molar-refractivity contribution is 7.16. The average Bonchev–Trinajstić information content (AvgIpc) is 2.96. The van der Waals surface area contributed by atoms with Gasteiger partial charge in [0.05, 0.1) is 10.2 Å². The van der Waals surface area contributed by atoms with Crippen LogP contribution in [-0.2, 0) is 6.54 Å². The summed E-state index contributed by atoms with van der Waals surface area (Å²) in [6, 6.07) is 10.6. The fraction of sp³-hybridized carbons (Fsp3) is 0.158. The van der Waals surface area contributed by atoms with E-state index in [0.717, 1.165) is 10.2 Å². The Balaban J connectivity index is 1.86. The lowest BCUT2D eigenvalue weighted by molar-refractivity contribution is 0.0998. The Labute approximate surface area is 158 Å². The monoisotopic (exact) mass is 386 g/mol. The number of fused-ring (bicyclic) bond motifs is 2. The second-order valence-corrected chi connectivity index (χ2v) is 7.12. The molecule has 2 heterocycles. The van der Waals surface area contributed by atoms with Crippen LogP contribution in [0.15, 0.2) is 54.0 Å². The van der Waals surface area contributed by atoms with Crippen LogP contribution in [0.5, 0.6) is 11.5 Å². The number of halogens is 1. The smallest absolute Gasteiger partial charge is 0.279 e. The van der Waals surface area contributed by atoms with Crippen molar-refractivity contribution in [1.29, 1.82) is 0 Å². The van der Waals surface area contributed by atoms with Gasteiger partial charge in [-0.15, -0.1) is 6.58 Å². The number of nitrogens with zero attached hydrogens (tertiary/aromatic N) is 2. The molecule has 1 aromatic heterocycles. The van der Waals surface area contributed by atoms with E-state index in [1.54, 1.807) is 30.3 Å². The number of hydrogen-bond acceptors (Lipinski definition) is 4. The number of hydrogen-bond donors (Lipinski definition) is 0. The number of thiazole rings is 1. The molecule has 4 rings (SSSR count). The minimum Gasteiger partial charge on any atom is -0.486 e. The molecule has 0 atom stereocenters. The number of carbonyl (C=O) groups is 1. The van der Waals surface area contributed by atoms with Crippen molar-refractivity contribution < 1.29 is 14.3 Å². The van der Waals surface area contributed by atoms with Gasteiger partial charge in [0, 0.05) is 29.3 Å². The zero-order valence-corrected chi connectivity index (χ0v) is 15.3. The fourth-order valence-corrected chi connectivity index (χ4v) is 4.01. The van der Waals surface area contributed by atoms with Crippen LogP contribution in [0.2, 0.25) is 5.02 Å². The van der Waals surface area contributed by atoms with Gasteiger partial charge in [0.2, 0.25) is 0 Å². The van der Waals surface area contributed by atoms with Crippen molar-refractivity contribution in [3.05, 3.63) is 64.4 Å². The van der Waals surface area contributed by atoms with Gasteiger partial charge in [0.25, 0.3) is 5.91 Å². The van der Waals surface area contributed by atoms with Crippen LogP contribution in [0, 0.1) is 0 Å². The minimum atomic E-state index is -0.339. The van der Waals surface area contributed by atoms with Crippen molar-refractivity contribution in [2.24, 2.45) is 4.99 Å². The van der Waals surface area contributed by atoms with Crippen molar-refractivity contribution in [3.8, 4) is 11.5 Å². The van der Waals surface area contributed by atoms with Crippen molar-refractivity contribution >= 4 is 39.1 Å². The third kappa shape index (κ3) is 3.13. The van der Waals surface area contributed by atoms with E-state index in [1.807, 2.05) is 16.7 Å². The van der Waals surface area contributed by atoms with Gasteiger partial charge in [-0.1, -0.05) is 35.1 Å². The summed E-state index contributed by atoms with van der Waals surface area (Å²) in [7, 11) is 0. The summed E-state index contributed by atoms with van der Waals surface area (Å²) in [5.74, 6) is 1.07. The number of ether oxygens (including phenoxy) is 2. The van der Waals surface area contributed by atoms with Gasteiger partial charge in [-0.3, -0.25) is 4.79 Å². The lowest BCUT2D eigenvalue weighted by Crippen LogP contribution is -2.17. The molecule has 0 aliphatic carbocycles. The Hall–Kier alpha value is -2.57. The first-order valence-electron chi connectivity index (χ1n) is 8.04. The number of carbonyl (C=O) groups excluding carboxylic acids is 1. The standard InChI is InChI=1S/C19H15ClN2O3S/c1-2-6-22-14-10-15-16(25-8-7-24-15)11-17(14)26-19(22)21-18(23)12-4-3-5-13(20)9-12/h2-5,9-11H,1,6-8H2. The highest BCUT2D eigenvalue weighted by Gasteiger charge is 2.16. The van der Waals surface area contributed by atoms with Gasteiger partial charge in [0.15, 0.2) is 16.3 Å². The summed E-state index contributed by atoms with van der Waals surface area (Å²) in [6.45, 7) is 5.38. The molecule has 132 valence electrons. The van der Waals surface area contributed by atoms with Gasteiger partial charge in [0.1, 0.15) is 13.2 Å². The van der Waals surface area contributed by atoms with E-state index < -0.39 is 0 Å². The quantitative estimate of drug-likeness (QED) is 0.638. The fourth-order valence-electron chi connectivity index (χ4n) is 2.77. The van der Waals surface area contributed by atoms with Gasteiger partial charge >= 0.3 is 0 Å². The van der Waals surface area contributed by atoms with Gasteiger partial charge in [-0.05, 0) is 18.2 Å². The molecule has 0 saturated heterocycles. The first-order chi connectivity index (χ1) is 12.7. The summed E-state index contributed by atoms with van der Waals surface area (Å²) in [5, 5.41) is 0.503. The highest BCUT2D eigenvalue weighted by atomic mass is 35.5. The maximum absolute atomic E-state index is 12.5. The van der Waals surface area contributed by atoms with Crippen LogP contribution in [0.4, 0.5) is 0 Å². The van der Waals surface area contributed by atoms with E-state index in [0.29, 0.717) is 46.6 Å². The van der Waals surface area contributed by atoms with E-state index in [9.17, 15) is 4.79 Å². The van der Waals surface area contributed by atoms with Crippen LogP contribution in [0.25, 0.3) is 10.2 Å². The third-order valence-electron chi connectivity index (χ3n) is 3.93. The first kappa shape index (κ1) is 16.9. The maximum Gasteiger partial charge on any atom is 0.279 e. The largest absolute Gasteiger partial charge is 0.486 e. The Morgan fingerprint density at radius 2 is 2.04 bits per heavy atom. The second kappa shape index (κ2) is 6.97. The molecule has 0 N–H and O–H groups in total. The summed E-state index contributed by atoms with van der Waals surface area (Å²) in [5.41, 5.74) is 1.38. The molecule has 1 aliphatic rings. The number of benzene rings is 2. The lowest BCUT2D eigenvalue weighted by atomic mass is 10.2. The Bertz CT molecular complexity index is 1080. The maximum atomic E-state index is 12.5. The molecular weight excluding hydrogens is 372 g/mol. The van der Waals surface area contributed by atoms with Crippen LogP contribution >= 0.6 is 22.9 Å². The molecule has 5 nitrogen and oxygen atoms in total. The van der Waals surface area contributed by atoms with Crippen LogP contribution in [0.3, 0.4) is 0 Å². The molecule has 1 aliphatic heterocycles. The molecule has 0 saturated carbocycles. The van der Waals surface area contributed by atoms with Crippen LogP contribution in [-0.4, -0.2) is 23.7 Å². The third-order valence-corrected chi connectivity index (χ3v) is 5.20. The number of aromatic nitrogens is 1. The molecule has 0 fully saturated rings. The second-order valence-electron chi connectivity index (χ2n) is 5.67. The molecule has 3 aromatic rings. The summed E-state index contributed by atoms with van der Waals surface area (Å²) in [6.07, 6.45) is 1.77. The van der Waals surface area contributed by atoms with Gasteiger partial charge in [-0.25, -0.2) is 0 Å². The first-order valence-corrected chi connectivity index (χ1v) is 9.23. The zero-order chi connectivity index (χ0) is 18.1. The highest BCUT2D eigenvalue weighted by Crippen LogP contribution is 2.35. The van der Waals surface area contributed by atoms with Crippen LogP contribution < -0.4 is 14.3 Å². The van der Waals surface area contributed by atoms with Gasteiger partial charge in [-0.2, -0.15) is 4.99 Å². The normalized spacial score (nSPS) is 13.8. The van der Waals surface area contributed by atoms with E-state index in [2.05, 4.69) is 11.6 Å². The Morgan fingerprint density at radius 3 is 2.77 bits per heavy atom. The Kier molecular flexibility index (Phi) is 4.53. The van der Waals surface area contributed by atoms with Crippen molar-refractivity contribution in [2.75, 3.05) is 13.2 Å². The summed E-state index contributed by atoms with van der Waals surface area (Å²) < 4.78 is 14.2. The molecule has 0 unspecified atom stereocenters. The van der Waals surface area contributed by atoms with E-state index in [-0.39, 0.29) is 5.91 Å².